The topological polar surface area (TPSA) is 133 Å². The summed E-state index contributed by atoms with van der Waals surface area (Å²) in [4.78, 5) is 18.0. The number of halogens is 2. The highest BCUT2D eigenvalue weighted by molar-refractivity contribution is 7.89. The van der Waals surface area contributed by atoms with Crippen LogP contribution in [0.15, 0.2) is 35.2 Å². The molecule has 0 aliphatic heterocycles. The Balaban J connectivity index is 1.57. The number of benzene rings is 2. The minimum Gasteiger partial charge on any atom is -0.507 e. The lowest BCUT2D eigenvalue weighted by molar-refractivity contribution is 0.371. The van der Waals surface area contributed by atoms with Crippen LogP contribution in [0.5, 0.6) is 17.2 Å². The molecule has 0 heterocycles. The van der Waals surface area contributed by atoms with Gasteiger partial charge < -0.3 is 19.6 Å². The quantitative estimate of drug-likeness (QED) is 0.390. The van der Waals surface area contributed by atoms with Crippen molar-refractivity contribution in [3.8, 4) is 17.2 Å². The number of rotatable bonds is 7. The maximum absolute atomic E-state index is 12.9. The molecular weight excluding hydrogens is 500 g/mol. The van der Waals surface area contributed by atoms with Gasteiger partial charge in [0.2, 0.25) is 10.0 Å². The minimum atomic E-state index is -4.32. The SMILES string of the molecule is O=P(O)(O)Cc1cc(Cl)c(Oc2ccc(O)c(S(=O)(=O)NC3CC4CCC3C4)c2)c(Cl)c1. The van der Waals surface area contributed by atoms with E-state index in [9.17, 15) is 18.1 Å². The zero-order valence-electron chi connectivity index (χ0n) is 16.7. The Morgan fingerprint density at radius 2 is 1.78 bits per heavy atom. The molecule has 0 radical (unpaired) electrons. The molecule has 3 unspecified atom stereocenters. The molecule has 2 saturated carbocycles. The van der Waals surface area contributed by atoms with E-state index in [0.29, 0.717) is 11.8 Å². The molecule has 2 fully saturated rings. The molecule has 0 spiro atoms. The van der Waals surface area contributed by atoms with Gasteiger partial charge in [-0.25, -0.2) is 13.1 Å². The zero-order chi connectivity index (χ0) is 23.3. The van der Waals surface area contributed by atoms with Gasteiger partial charge in [0, 0.05) is 12.1 Å². The van der Waals surface area contributed by atoms with E-state index < -0.39 is 29.5 Å². The monoisotopic (exact) mass is 521 g/mol. The van der Waals surface area contributed by atoms with E-state index >= 15 is 0 Å². The Morgan fingerprint density at radius 3 is 2.34 bits per heavy atom. The Labute approximate surface area is 195 Å². The average Bonchev–Trinajstić information content (AvgIpc) is 3.27. The molecule has 32 heavy (non-hydrogen) atoms. The van der Waals surface area contributed by atoms with E-state index in [2.05, 4.69) is 4.72 Å². The Bertz CT molecular complexity index is 1180. The van der Waals surface area contributed by atoms with Crippen molar-refractivity contribution in [1.29, 1.82) is 0 Å². The van der Waals surface area contributed by atoms with Crippen LogP contribution in [0.4, 0.5) is 0 Å². The van der Waals surface area contributed by atoms with Crippen molar-refractivity contribution >= 4 is 40.8 Å². The fourth-order valence-corrected chi connectivity index (χ4v) is 7.28. The summed E-state index contributed by atoms with van der Waals surface area (Å²) in [5, 5.41) is 10.2. The molecule has 4 rings (SSSR count). The Kier molecular flexibility index (Phi) is 6.55. The lowest BCUT2D eigenvalue weighted by Gasteiger charge is -2.23. The number of hydrogen-bond acceptors (Lipinski definition) is 5. The summed E-state index contributed by atoms with van der Waals surface area (Å²) in [5.74, 6) is 0.525. The van der Waals surface area contributed by atoms with Crippen LogP contribution >= 0.6 is 30.8 Å². The molecular formula is C20H22Cl2NO7PS. The number of nitrogens with one attached hydrogen (secondary N) is 1. The predicted octanol–water partition coefficient (Wildman–Crippen LogP) is 4.64. The zero-order valence-corrected chi connectivity index (χ0v) is 20.0. The van der Waals surface area contributed by atoms with Gasteiger partial charge in [-0.3, -0.25) is 4.57 Å². The van der Waals surface area contributed by atoms with Gasteiger partial charge in [0.25, 0.3) is 0 Å². The smallest absolute Gasteiger partial charge is 0.329 e. The average molecular weight is 522 g/mol. The maximum Gasteiger partial charge on any atom is 0.329 e. The number of sulfonamides is 1. The first kappa shape index (κ1) is 23.8. The summed E-state index contributed by atoms with van der Waals surface area (Å²) in [6.45, 7) is 0. The van der Waals surface area contributed by atoms with Crippen molar-refractivity contribution in [3.05, 3.63) is 45.9 Å². The molecule has 8 nitrogen and oxygen atoms in total. The van der Waals surface area contributed by atoms with Gasteiger partial charge >= 0.3 is 7.60 Å². The highest BCUT2D eigenvalue weighted by Crippen LogP contribution is 2.46. The highest BCUT2D eigenvalue weighted by Gasteiger charge is 2.41. The lowest BCUT2D eigenvalue weighted by atomic mass is 9.96. The van der Waals surface area contributed by atoms with Crippen LogP contribution in [-0.2, 0) is 20.8 Å². The van der Waals surface area contributed by atoms with Crippen molar-refractivity contribution in [3.63, 3.8) is 0 Å². The van der Waals surface area contributed by atoms with E-state index in [1.807, 2.05) is 0 Å². The summed E-state index contributed by atoms with van der Waals surface area (Å²) in [6, 6.07) is 6.23. The van der Waals surface area contributed by atoms with E-state index in [0.717, 1.165) is 25.7 Å². The van der Waals surface area contributed by atoms with Crippen LogP contribution in [0.25, 0.3) is 0 Å². The molecule has 174 valence electrons. The summed E-state index contributed by atoms with van der Waals surface area (Å²) < 4.78 is 45.5. The number of hydrogen-bond donors (Lipinski definition) is 4. The minimum absolute atomic E-state index is 0.00135. The molecule has 3 atom stereocenters. The third kappa shape index (κ3) is 5.25. The lowest BCUT2D eigenvalue weighted by Crippen LogP contribution is -2.38. The molecule has 2 aromatic rings. The highest BCUT2D eigenvalue weighted by atomic mass is 35.5. The molecule has 0 saturated heterocycles. The number of aromatic hydroxyl groups is 1. The third-order valence-corrected chi connectivity index (χ3v) is 8.79. The van der Waals surface area contributed by atoms with Crippen LogP contribution in [0, 0.1) is 11.8 Å². The second-order valence-electron chi connectivity index (χ2n) is 8.35. The number of ether oxygens (including phenoxy) is 1. The van der Waals surface area contributed by atoms with Gasteiger partial charge in [-0.15, -0.1) is 0 Å². The summed E-state index contributed by atoms with van der Waals surface area (Å²) in [5.41, 5.74) is 0.227. The Morgan fingerprint density at radius 1 is 1.09 bits per heavy atom. The fraction of sp³-hybridized carbons (Fsp3) is 0.400. The van der Waals surface area contributed by atoms with E-state index in [4.69, 9.17) is 37.7 Å². The molecule has 4 N–H and O–H groups in total. The second-order valence-corrected chi connectivity index (χ2v) is 12.5. The molecule has 0 amide bonds. The van der Waals surface area contributed by atoms with Crippen molar-refractivity contribution in [2.75, 3.05) is 0 Å². The van der Waals surface area contributed by atoms with Crippen molar-refractivity contribution in [2.24, 2.45) is 11.8 Å². The molecule has 2 aliphatic carbocycles. The van der Waals surface area contributed by atoms with Gasteiger partial charge in [0.15, 0.2) is 5.75 Å². The van der Waals surface area contributed by atoms with Crippen molar-refractivity contribution in [2.45, 2.75) is 42.8 Å². The fourth-order valence-electron chi connectivity index (χ4n) is 4.58. The third-order valence-electron chi connectivity index (χ3n) is 5.93. The van der Waals surface area contributed by atoms with Gasteiger partial charge in [-0.1, -0.05) is 29.6 Å². The van der Waals surface area contributed by atoms with Gasteiger partial charge in [-0.05, 0) is 60.9 Å². The first-order chi connectivity index (χ1) is 14.9. The standard InChI is InChI=1S/C20H22Cl2NO7PS/c21-15-6-12(10-31(25,26)27)7-16(22)20(15)30-14-3-4-18(24)19(9-14)32(28,29)23-17-8-11-1-2-13(17)5-11/h3-4,6-7,9,11,13,17,23-24H,1-2,5,8,10H2,(H2,25,26,27). The van der Waals surface area contributed by atoms with Crippen LogP contribution in [0.1, 0.15) is 31.2 Å². The summed E-state index contributed by atoms with van der Waals surface area (Å²) >= 11 is 12.4. The largest absolute Gasteiger partial charge is 0.507 e. The molecule has 2 aromatic carbocycles. The maximum atomic E-state index is 12.9. The number of phenolic OH excluding ortho intramolecular Hbond substituents is 1. The molecule has 2 bridgehead atoms. The number of phenols is 1. The second kappa shape index (κ2) is 8.80. The van der Waals surface area contributed by atoms with E-state index in [1.54, 1.807) is 0 Å². The first-order valence-corrected chi connectivity index (χ1v) is 14.0. The van der Waals surface area contributed by atoms with E-state index in [-0.39, 0.29) is 38.0 Å². The predicted molar refractivity (Wildman–Crippen MR) is 120 cm³/mol. The van der Waals surface area contributed by atoms with Gasteiger partial charge in [0.05, 0.1) is 16.2 Å². The molecule has 12 heteroatoms. The van der Waals surface area contributed by atoms with Gasteiger partial charge in [0.1, 0.15) is 16.4 Å². The molecule has 2 aliphatic rings. The van der Waals surface area contributed by atoms with Crippen LogP contribution < -0.4 is 9.46 Å². The Hall–Kier alpha value is -1.32. The van der Waals surface area contributed by atoms with Gasteiger partial charge in [-0.2, -0.15) is 0 Å². The summed E-state index contributed by atoms with van der Waals surface area (Å²) in [6.07, 6.45) is 3.42. The van der Waals surface area contributed by atoms with Crippen LogP contribution in [0.2, 0.25) is 10.0 Å². The number of fused-ring (bicyclic) bond motifs is 2. The van der Waals surface area contributed by atoms with E-state index in [1.165, 1.54) is 30.3 Å². The van der Waals surface area contributed by atoms with Crippen molar-refractivity contribution in [1.82, 2.24) is 4.72 Å². The normalized spacial score (nSPS) is 22.9. The summed E-state index contributed by atoms with van der Waals surface area (Å²) in [7, 11) is -8.31. The molecule has 0 aromatic heterocycles. The van der Waals surface area contributed by atoms with Crippen molar-refractivity contribution < 1.29 is 32.6 Å². The first-order valence-electron chi connectivity index (χ1n) is 9.97. The van der Waals surface area contributed by atoms with Crippen LogP contribution in [0.3, 0.4) is 0 Å². The van der Waals surface area contributed by atoms with Crippen LogP contribution in [-0.4, -0.2) is 29.4 Å².